The van der Waals surface area contributed by atoms with Crippen molar-refractivity contribution in [2.24, 2.45) is 5.84 Å². The number of nitrogens with zero attached hydrogens (tertiary/aromatic N) is 1. The SMILES string of the molecule is NNC(Cc1cncs1)c1cc2cc(F)ccc2s1. The fourth-order valence-corrected chi connectivity index (χ4v) is 3.74. The molecule has 0 aliphatic heterocycles. The number of hydrogen-bond donors (Lipinski definition) is 2. The molecule has 0 radical (unpaired) electrons. The van der Waals surface area contributed by atoms with Crippen molar-refractivity contribution >= 4 is 32.8 Å². The predicted molar refractivity (Wildman–Crippen MR) is 77.7 cm³/mol. The summed E-state index contributed by atoms with van der Waals surface area (Å²) in [5, 5.41) is 0.921. The Morgan fingerprint density at radius 3 is 3.00 bits per heavy atom. The number of hydrazine groups is 1. The molecule has 3 aromatic rings. The second-order valence-electron chi connectivity index (χ2n) is 4.22. The maximum Gasteiger partial charge on any atom is 0.123 e. The summed E-state index contributed by atoms with van der Waals surface area (Å²) in [4.78, 5) is 6.34. The molecule has 0 aliphatic carbocycles. The molecular formula is C13H12FN3S2. The largest absolute Gasteiger partial charge is 0.271 e. The lowest BCUT2D eigenvalue weighted by Crippen LogP contribution is -2.28. The van der Waals surface area contributed by atoms with E-state index in [0.717, 1.165) is 21.4 Å². The quantitative estimate of drug-likeness (QED) is 0.573. The Hall–Kier alpha value is -1.34. The van der Waals surface area contributed by atoms with Gasteiger partial charge in [0, 0.05) is 27.1 Å². The summed E-state index contributed by atoms with van der Waals surface area (Å²) in [7, 11) is 0. The molecule has 1 aromatic carbocycles. The van der Waals surface area contributed by atoms with Gasteiger partial charge in [-0.3, -0.25) is 16.3 Å². The van der Waals surface area contributed by atoms with Gasteiger partial charge in [-0.1, -0.05) is 0 Å². The second kappa shape index (κ2) is 5.34. The lowest BCUT2D eigenvalue weighted by atomic mass is 10.1. The molecule has 19 heavy (non-hydrogen) atoms. The van der Waals surface area contributed by atoms with Gasteiger partial charge in [0.2, 0.25) is 0 Å². The normalized spacial score (nSPS) is 12.9. The topological polar surface area (TPSA) is 50.9 Å². The van der Waals surface area contributed by atoms with Crippen molar-refractivity contribution < 1.29 is 4.39 Å². The van der Waals surface area contributed by atoms with Crippen LogP contribution in [0.4, 0.5) is 4.39 Å². The molecule has 0 saturated carbocycles. The van der Waals surface area contributed by atoms with Gasteiger partial charge in [-0.2, -0.15) is 0 Å². The summed E-state index contributed by atoms with van der Waals surface area (Å²) < 4.78 is 14.3. The third kappa shape index (κ3) is 2.66. The Kier molecular flexibility index (Phi) is 3.56. The fraction of sp³-hybridized carbons (Fsp3) is 0.154. The van der Waals surface area contributed by atoms with Crippen LogP contribution in [0.5, 0.6) is 0 Å². The summed E-state index contributed by atoms with van der Waals surface area (Å²) in [5.41, 5.74) is 4.64. The molecule has 2 aromatic heterocycles. The Labute approximate surface area is 117 Å². The summed E-state index contributed by atoms with van der Waals surface area (Å²) in [6, 6.07) is 6.86. The summed E-state index contributed by atoms with van der Waals surface area (Å²) in [6.07, 6.45) is 2.64. The molecule has 3 rings (SSSR count). The first kappa shape index (κ1) is 12.7. The van der Waals surface area contributed by atoms with E-state index >= 15 is 0 Å². The van der Waals surface area contributed by atoms with Crippen LogP contribution in [0.1, 0.15) is 15.8 Å². The summed E-state index contributed by atoms with van der Waals surface area (Å²) in [6.45, 7) is 0. The number of thiophene rings is 1. The van der Waals surface area contributed by atoms with Crippen molar-refractivity contribution in [2.75, 3.05) is 0 Å². The molecule has 0 aliphatic rings. The van der Waals surface area contributed by atoms with Crippen molar-refractivity contribution in [1.29, 1.82) is 0 Å². The fourth-order valence-electron chi connectivity index (χ4n) is 1.99. The van der Waals surface area contributed by atoms with Gasteiger partial charge in [0.15, 0.2) is 0 Å². The van der Waals surface area contributed by atoms with E-state index in [-0.39, 0.29) is 11.9 Å². The molecule has 2 heterocycles. The Morgan fingerprint density at radius 1 is 1.37 bits per heavy atom. The second-order valence-corrected chi connectivity index (χ2v) is 6.31. The molecule has 0 amide bonds. The standard InChI is InChI=1S/C13H12FN3S2/c14-9-1-2-12-8(3-9)4-13(19-12)11(17-15)5-10-6-16-7-18-10/h1-4,6-7,11,17H,5,15H2. The number of hydrogen-bond acceptors (Lipinski definition) is 5. The molecule has 98 valence electrons. The summed E-state index contributed by atoms with van der Waals surface area (Å²) in [5.74, 6) is 5.43. The number of rotatable bonds is 4. The van der Waals surface area contributed by atoms with E-state index in [9.17, 15) is 4.39 Å². The van der Waals surface area contributed by atoms with Crippen LogP contribution < -0.4 is 11.3 Å². The Bertz CT molecular complexity index is 678. The predicted octanol–water partition coefficient (Wildman–Crippen LogP) is 3.24. The summed E-state index contributed by atoms with van der Waals surface area (Å²) >= 11 is 3.24. The number of thiazole rings is 1. The first-order valence-electron chi connectivity index (χ1n) is 5.79. The van der Waals surface area contributed by atoms with Gasteiger partial charge in [-0.15, -0.1) is 22.7 Å². The van der Waals surface area contributed by atoms with E-state index in [1.54, 1.807) is 34.8 Å². The van der Waals surface area contributed by atoms with Crippen LogP contribution in [0, 0.1) is 5.82 Å². The zero-order valence-electron chi connectivity index (χ0n) is 9.97. The molecule has 0 saturated heterocycles. The third-order valence-electron chi connectivity index (χ3n) is 2.93. The van der Waals surface area contributed by atoms with Gasteiger partial charge in [0.25, 0.3) is 0 Å². The molecule has 0 spiro atoms. The molecule has 0 bridgehead atoms. The first-order valence-corrected chi connectivity index (χ1v) is 7.48. The highest BCUT2D eigenvalue weighted by Crippen LogP contribution is 2.32. The van der Waals surface area contributed by atoms with Crippen molar-refractivity contribution in [1.82, 2.24) is 10.4 Å². The van der Waals surface area contributed by atoms with Crippen LogP contribution in [-0.4, -0.2) is 4.98 Å². The van der Waals surface area contributed by atoms with Crippen LogP contribution >= 0.6 is 22.7 Å². The first-order chi connectivity index (χ1) is 9.26. The van der Waals surface area contributed by atoms with Gasteiger partial charge >= 0.3 is 0 Å². The third-order valence-corrected chi connectivity index (χ3v) is 4.96. The monoisotopic (exact) mass is 293 g/mol. The molecular weight excluding hydrogens is 281 g/mol. The number of nitrogens with one attached hydrogen (secondary N) is 1. The van der Waals surface area contributed by atoms with Gasteiger partial charge in [-0.05, 0) is 29.7 Å². The van der Waals surface area contributed by atoms with Crippen molar-refractivity contribution in [2.45, 2.75) is 12.5 Å². The molecule has 1 atom stereocenters. The number of halogens is 1. The molecule has 6 heteroatoms. The molecule has 0 fully saturated rings. The highest BCUT2D eigenvalue weighted by molar-refractivity contribution is 7.19. The van der Waals surface area contributed by atoms with Crippen LogP contribution in [0.15, 0.2) is 36.0 Å². The Balaban J connectivity index is 1.92. The van der Waals surface area contributed by atoms with Crippen LogP contribution in [0.2, 0.25) is 0 Å². The van der Waals surface area contributed by atoms with Gasteiger partial charge in [0.1, 0.15) is 5.82 Å². The lowest BCUT2D eigenvalue weighted by molar-refractivity contribution is 0.564. The lowest BCUT2D eigenvalue weighted by Gasteiger charge is -2.12. The van der Waals surface area contributed by atoms with Gasteiger partial charge in [0.05, 0.1) is 11.6 Å². The average Bonchev–Trinajstić information content (AvgIpc) is 3.03. The zero-order chi connectivity index (χ0) is 13.2. The minimum Gasteiger partial charge on any atom is -0.271 e. The van der Waals surface area contributed by atoms with E-state index in [1.807, 2.05) is 17.8 Å². The number of fused-ring (bicyclic) bond motifs is 1. The minimum atomic E-state index is -0.212. The van der Waals surface area contributed by atoms with Crippen molar-refractivity contribution in [3.63, 3.8) is 0 Å². The highest BCUT2D eigenvalue weighted by Gasteiger charge is 2.15. The highest BCUT2D eigenvalue weighted by atomic mass is 32.1. The maximum absolute atomic E-state index is 13.2. The van der Waals surface area contributed by atoms with Crippen molar-refractivity contribution in [3.8, 4) is 0 Å². The smallest absolute Gasteiger partial charge is 0.123 e. The van der Waals surface area contributed by atoms with E-state index in [1.165, 1.54) is 10.9 Å². The number of benzene rings is 1. The van der Waals surface area contributed by atoms with Gasteiger partial charge in [-0.25, -0.2) is 4.39 Å². The maximum atomic E-state index is 13.2. The van der Waals surface area contributed by atoms with Crippen molar-refractivity contribution in [3.05, 3.63) is 51.5 Å². The van der Waals surface area contributed by atoms with Crippen LogP contribution in [0.25, 0.3) is 10.1 Å². The molecule has 1 unspecified atom stereocenters. The van der Waals surface area contributed by atoms with E-state index in [4.69, 9.17) is 5.84 Å². The number of aromatic nitrogens is 1. The van der Waals surface area contributed by atoms with Crippen LogP contribution in [-0.2, 0) is 6.42 Å². The molecule has 3 N–H and O–H groups in total. The minimum absolute atomic E-state index is 0.0286. The zero-order valence-corrected chi connectivity index (χ0v) is 11.6. The number of nitrogens with two attached hydrogens (primary N) is 1. The van der Waals surface area contributed by atoms with E-state index in [2.05, 4.69) is 10.4 Å². The van der Waals surface area contributed by atoms with Crippen LogP contribution in [0.3, 0.4) is 0 Å². The average molecular weight is 293 g/mol. The van der Waals surface area contributed by atoms with E-state index in [0.29, 0.717) is 0 Å². The van der Waals surface area contributed by atoms with E-state index < -0.39 is 0 Å². The Morgan fingerprint density at radius 2 is 2.26 bits per heavy atom. The molecule has 3 nitrogen and oxygen atoms in total. The van der Waals surface area contributed by atoms with Gasteiger partial charge < -0.3 is 0 Å².